The van der Waals surface area contributed by atoms with Gasteiger partial charge in [-0.15, -0.1) is 0 Å². The van der Waals surface area contributed by atoms with Crippen LogP contribution < -0.4 is 10.5 Å². The van der Waals surface area contributed by atoms with E-state index in [2.05, 4.69) is 31.8 Å². The number of anilines is 1. The van der Waals surface area contributed by atoms with Crippen LogP contribution in [0.3, 0.4) is 0 Å². The Bertz CT molecular complexity index is 527. The van der Waals surface area contributed by atoms with E-state index in [-0.39, 0.29) is 5.41 Å². The van der Waals surface area contributed by atoms with Gasteiger partial charge >= 0.3 is 0 Å². The van der Waals surface area contributed by atoms with E-state index < -0.39 is 0 Å². The van der Waals surface area contributed by atoms with Crippen molar-refractivity contribution in [2.45, 2.75) is 26.2 Å². The molecule has 3 nitrogen and oxygen atoms in total. The highest BCUT2D eigenvalue weighted by atomic mass is 16.5. The molecule has 18 heavy (non-hydrogen) atoms. The zero-order valence-corrected chi connectivity index (χ0v) is 11.0. The first kappa shape index (κ1) is 12.4. The van der Waals surface area contributed by atoms with E-state index in [1.54, 1.807) is 12.3 Å². The molecule has 0 amide bonds. The second kappa shape index (κ2) is 4.69. The van der Waals surface area contributed by atoms with Crippen molar-refractivity contribution in [1.82, 2.24) is 4.98 Å². The minimum Gasteiger partial charge on any atom is -0.455 e. The Balaban J connectivity index is 2.32. The van der Waals surface area contributed by atoms with Crippen LogP contribution >= 0.6 is 0 Å². The molecule has 0 aliphatic carbocycles. The summed E-state index contributed by atoms with van der Waals surface area (Å²) in [7, 11) is 0. The van der Waals surface area contributed by atoms with Crippen LogP contribution in [0, 0.1) is 0 Å². The largest absolute Gasteiger partial charge is 0.455 e. The van der Waals surface area contributed by atoms with E-state index in [1.165, 1.54) is 5.56 Å². The molecule has 0 radical (unpaired) electrons. The predicted octanol–water partition coefficient (Wildman–Crippen LogP) is 3.75. The van der Waals surface area contributed by atoms with Crippen LogP contribution in [0.5, 0.6) is 11.5 Å². The number of nitrogens with zero attached hydrogens (tertiary/aromatic N) is 1. The van der Waals surface area contributed by atoms with Gasteiger partial charge in [-0.2, -0.15) is 0 Å². The number of pyridine rings is 1. The van der Waals surface area contributed by atoms with Gasteiger partial charge in [0.2, 0.25) is 0 Å². The van der Waals surface area contributed by atoms with Gasteiger partial charge in [0.25, 0.3) is 0 Å². The molecule has 0 atom stereocenters. The molecule has 0 saturated heterocycles. The summed E-state index contributed by atoms with van der Waals surface area (Å²) in [5.41, 5.74) is 6.76. The maximum Gasteiger partial charge on any atom is 0.145 e. The van der Waals surface area contributed by atoms with E-state index in [9.17, 15) is 0 Å². The van der Waals surface area contributed by atoms with Crippen LogP contribution in [0.1, 0.15) is 26.3 Å². The molecule has 0 unspecified atom stereocenters. The third-order valence-electron chi connectivity index (χ3n) is 2.68. The van der Waals surface area contributed by atoms with Gasteiger partial charge in [-0.3, -0.25) is 0 Å². The van der Waals surface area contributed by atoms with Crippen molar-refractivity contribution in [2.24, 2.45) is 0 Å². The van der Waals surface area contributed by atoms with Crippen LogP contribution in [0.15, 0.2) is 42.6 Å². The van der Waals surface area contributed by atoms with Gasteiger partial charge in [-0.05, 0) is 23.6 Å². The van der Waals surface area contributed by atoms with Crippen molar-refractivity contribution in [3.05, 3.63) is 48.2 Å². The Morgan fingerprint density at radius 1 is 1.06 bits per heavy atom. The van der Waals surface area contributed by atoms with Crippen LogP contribution in [0.4, 0.5) is 5.82 Å². The average Bonchev–Trinajstić information content (AvgIpc) is 2.31. The highest BCUT2D eigenvalue weighted by Crippen LogP contribution is 2.33. The number of ether oxygens (including phenoxy) is 1. The summed E-state index contributed by atoms with van der Waals surface area (Å²) < 4.78 is 5.87. The Labute approximate surface area is 108 Å². The molecule has 0 aliphatic heterocycles. The fourth-order valence-corrected chi connectivity index (χ4v) is 1.75. The summed E-state index contributed by atoms with van der Waals surface area (Å²) in [5, 5.41) is 0. The number of rotatable bonds is 2. The van der Waals surface area contributed by atoms with Crippen molar-refractivity contribution in [1.29, 1.82) is 0 Å². The van der Waals surface area contributed by atoms with E-state index in [4.69, 9.17) is 10.5 Å². The smallest absolute Gasteiger partial charge is 0.145 e. The Morgan fingerprint density at radius 2 is 1.78 bits per heavy atom. The van der Waals surface area contributed by atoms with E-state index in [1.807, 2.05) is 24.3 Å². The second-order valence-corrected chi connectivity index (χ2v) is 5.27. The van der Waals surface area contributed by atoms with Crippen molar-refractivity contribution >= 4 is 5.82 Å². The molecule has 3 heteroatoms. The van der Waals surface area contributed by atoms with Crippen LogP contribution in [-0.2, 0) is 5.41 Å². The SMILES string of the molecule is CC(C)(C)c1ccccc1Oc1ccc(N)nc1. The zero-order valence-electron chi connectivity index (χ0n) is 11.0. The molecule has 0 spiro atoms. The molecular weight excluding hydrogens is 224 g/mol. The van der Waals surface area contributed by atoms with Gasteiger partial charge in [0.05, 0.1) is 6.20 Å². The molecule has 0 saturated carbocycles. The molecule has 0 aliphatic rings. The quantitative estimate of drug-likeness (QED) is 0.872. The normalized spacial score (nSPS) is 11.3. The molecule has 1 aromatic heterocycles. The van der Waals surface area contributed by atoms with Crippen LogP contribution in [0.25, 0.3) is 0 Å². The molecular formula is C15H18N2O. The summed E-state index contributed by atoms with van der Waals surface area (Å²) >= 11 is 0. The highest BCUT2D eigenvalue weighted by Gasteiger charge is 2.18. The molecule has 2 aromatic rings. The lowest BCUT2D eigenvalue weighted by molar-refractivity contribution is 0.453. The van der Waals surface area contributed by atoms with Crippen molar-refractivity contribution in [2.75, 3.05) is 5.73 Å². The molecule has 1 aromatic carbocycles. The standard InChI is InChI=1S/C15H18N2O/c1-15(2,3)12-6-4-5-7-13(12)18-11-8-9-14(16)17-10-11/h4-10H,1-3H3,(H2,16,17). The van der Waals surface area contributed by atoms with Gasteiger partial charge in [0, 0.05) is 5.56 Å². The molecule has 2 N–H and O–H groups in total. The number of benzene rings is 1. The minimum absolute atomic E-state index is 0.0395. The first-order valence-corrected chi connectivity index (χ1v) is 5.96. The van der Waals surface area contributed by atoms with E-state index in [0.717, 1.165) is 5.75 Å². The molecule has 1 heterocycles. The summed E-state index contributed by atoms with van der Waals surface area (Å²) in [5.74, 6) is 2.05. The number of aromatic nitrogens is 1. The minimum atomic E-state index is 0.0395. The number of hydrogen-bond acceptors (Lipinski definition) is 3. The summed E-state index contributed by atoms with van der Waals surface area (Å²) in [6.07, 6.45) is 1.63. The highest BCUT2D eigenvalue weighted by molar-refractivity contribution is 5.42. The maximum absolute atomic E-state index is 5.87. The zero-order chi connectivity index (χ0) is 13.2. The van der Waals surface area contributed by atoms with E-state index >= 15 is 0 Å². The molecule has 0 bridgehead atoms. The average molecular weight is 242 g/mol. The number of para-hydroxylation sites is 1. The fraction of sp³-hybridized carbons (Fsp3) is 0.267. The molecule has 0 fully saturated rings. The Hall–Kier alpha value is -2.03. The topological polar surface area (TPSA) is 48.1 Å². The van der Waals surface area contributed by atoms with Gasteiger partial charge < -0.3 is 10.5 Å². The van der Waals surface area contributed by atoms with Crippen LogP contribution in [-0.4, -0.2) is 4.98 Å². The number of hydrogen-bond donors (Lipinski definition) is 1. The summed E-state index contributed by atoms with van der Waals surface area (Å²) in [4.78, 5) is 4.02. The third kappa shape index (κ3) is 2.80. The van der Waals surface area contributed by atoms with E-state index in [0.29, 0.717) is 11.6 Å². The van der Waals surface area contributed by atoms with Gasteiger partial charge in [-0.1, -0.05) is 39.0 Å². The first-order valence-electron chi connectivity index (χ1n) is 5.96. The lowest BCUT2D eigenvalue weighted by Crippen LogP contribution is -2.12. The van der Waals surface area contributed by atoms with Gasteiger partial charge in [0.15, 0.2) is 0 Å². The Morgan fingerprint density at radius 3 is 2.39 bits per heavy atom. The maximum atomic E-state index is 5.87. The molecule has 2 rings (SSSR count). The predicted molar refractivity (Wildman–Crippen MR) is 73.9 cm³/mol. The van der Waals surface area contributed by atoms with Crippen LogP contribution in [0.2, 0.25) is 0 Å². The lowest BCUT2D eigenvalue weighted by atomic mass is 9.86. The monoisotopic (exact) mass is 242 g/mol. The van der Waals surface area contributed by atoms with Gasteiger partial charge in [0.1, 0.15) is 17.3 Å². The lowest BCUT2D eigenvalue weighted by Gasteiger charge is -2.22. The van der Waals surface area contributed by atoms with Gasteiger partial charge in [-0.25, -0.2) is 4.98 Å². The number of nitrogen functional groups attached to an aromatic ring is 1. The van der Waals surface area contributed by atoms with Crippen molar-refractivity contribution < 1.29 is 4.74 Å². The fourth-order valence-electron chi connectivity index (χ4n) is 1.75. The summed E-state index contributed by atoms with van der Waals surface area (Å²) in [6, 6.07) is 11.6. The van der Waals surface area contributed by atoms with Crippen molar-refractivity contribution in [3.8, 4) is 11.5 Å². The third-order valence-corrected chi connectivity index (χ3v) is 2.68. The Kier molecular flexibility index (Phi) is 3.24. The number of nitrogens with two attached hydrogens (primary N) is 1. The summed E-state index contributed by atoms with van der Waals surface area (Å²) in [6.45, 7) is 6.49. The first-order chi connectivity index (χ1) is 8.47. The molecule has 94 valence electrons. The second-order valence-electron chi connectivity index (χ2n) is 5.27. The van der Waals surface area contributed by atoms with Crippen molar-refractivity contribution in [3.63, 3.8) is 0 Å².